The maximum Gasteiger partial charge on any atom is 0.0928 e. The highest BCUT2D eigenvalue weighted by Gasteiger charge is 2.25. The molecule has 2 atom stereocenters. The molecule has 0 N–H and O–H groups in total. The van der Waals surface area contributed by atoms with Crippen LogP contribution < -0.4 is 0 Å². The van der Waals surface area contributed by atoms with Crippen LogP contribution in [-0.4, -0.2) is 22.7 Å². The summed E-state index contributed by atoms with van der Waals surface area (Å²) in [5.74, 6) is 0.665. The van der Waals surface area contributed by atoms with Gasteiger partial charge in [-0.15, -0.1) is 0 Å². The Balaban J connectivity index is 1.82. The Morgan fingerprint density at radius 3 is 2.93 bits per heavy atom. The molecule has 80 valence electrons. The zero-order chi connectivity index (χ0) is 10.3. The van der Waals surface area contributed by atoms with Crippen molar-refractivity contribution in [1.29, 1.82) is 0 Å². The second-order valence-corrected chi connectivity index (χ2v) is 5.75. The average Bonchev–Trinajstić information content (AvgIpc) is 2.94. The van der Waals surface area contributed by atoms with Gasteiger partial charge in [-0.25, -0.2) is 0 Å². The number of fused-ring (bicyclic) bond motifs is 1. The van der Waals surface area contributed by atoms with E-state index in [2.05, 4.69) is 12.1 Å². The van der Waals surface area contributed by atoms with E-state index >= 15 is 0 Å². The third-order valence-electron chi connectivity index (χ3n) is 3.07. The molecule has 0 aromatic heterocycles. The minimum absolute atomic E-state index is 0.249. The van der Waals surface area contributed by atoms with Gasteiger partial charge in [-0.05, 0) is 42.5 Å². The van der Waals surface area contributed by atoms with Crippen molar-refractivity contribution in [3.63, 3.8) is 0 Å². The Kier molecular flexibility index (Phi) is 2.37. The monoisotopic (exact) mass is 222 g/mol. The lowest BCUT2D eigenvalue weighted by molar-refractivity contribution is 0.424. The summed E-state index contributed by atoms with van der Waals surface area (Å²) in [5.41, 5.74) is 2.84. The summed E-state index contributed by atoms with van der Waals surface area (Å²) in [6.07, 6.45) is 3.84. The van der Waals surface area contributed by atoms with Gasteiger partial charge in [0.1, 0.15) is 0 Å². The summed E-state index contributed by atoms with van der Waals surface area (Å²) in [4.78, 5) is 0.978. The van der Waals surface area contributed by atoms with Crippen LogP contribution in [0.25, 0.3) is 0 Å². The molecule has 0 saturated carbocycles. The van der Waals surface area contributed by atoms with E-state index in [0.29, 0.717) is 5.75 Å². The van der Waals surface area contributed by atoms with Crippen molar-refractivity contribution in [3.05, 3.63) is 29.3 Å². The Morgan fingerprint density at radius 2 is 2.13 bits per heavy atom. The van der Waals surface area contributed by atoms with E-state index in [0.717, 1.165) is 17.9 Å². The Morgan fingerprint density at radius 1 is 1.33 bits per heavy atom. The van der Waals surface area contributed by atoms with E-state index < -0.39 is 10.8 Å². The molecule has 2 aliphatic rings. The highest BCUT2D eigenvalue weighted by Crippen LogP contribution is 2.25. The van der Waals surface area contributed by atoms with Crippen molar-refractivity contribution in [2.75, 3.05) is 12.4 Å². The Labute approximate surface area is 92.1 Å². The molecule has 3 rings (SSSR count). The molecule has 0 spiro atoms. The molecule has 2 nitrogen and oxygen atoms in total. The van der Waals surface area contributed by atoms with E-state index in [1.165, 1.54) is 24.0 Å². The number of hydrogen-bond acceptors (Lipinski definition) is 2. The number of aryl methyl sites for hydroxylation is 2. The summed E-state index contributed by atoms with van der Waals surface area (Å²) < 4.78 is 17.0. The summed E-state index contributed by atoms with van der Waals surface area (Å²) in [6, 6.07) is 6.28. The molecule has 15 heavy (non-hydrogen) atoms. The van der Waals surface area contributed by atoms with Gasteiger partial charge in [0, 0.05) is 4.90 Å². The van der Waals surface area contributed by atoms with Crippen molar-refractivity contribution in [2.24, 2.45) is 0 Å². The van der Waals surface area contributed by atoms with Gasteiger partial charge >= 0.3 is 0 Å². The molecular formula is C12H14O2S. The second kappa shape index (κ2) is 3.72. The number of rotatable bonds is 3. The van der Waals surface area contributed by atoms with Crippen LogP contribution in [0, 0.1) is 0 Å². The molecule has 0 bridgehead atoms. The van der Waals surface area contributed by atoms with Gasteiger partial charge in [0.15, 0.2) is 0 Å². The number of ether oxygens (including phenoxy) is 1. The fourth-order valence-electron chi connectivity index (χ4n) is 2.12. The molecule has 1 saturated heterocycles. The van der Waals surface area contributed by atoms with Crippen molar-refractivity contribution < 1.29 is 8.95 Å². The first kappa shape index (κ1) is 9.55. The van der Waals surface area contributed by atoms with Gasteiger partial charge in [0.2, 0.25) is 0 Å². The SMILES string of the molecule is O=S(C[C@@H]1CO1)c1ccc2c(c1)CCC2. The van der Waals surface area contributed by atoms with Gasteiger partial charge < -0.3 is 4.74 Å². The van der Waals surface area contributed by atoms with Crippen LogP contribution in [0.5, 0.6) is 0 Å². The number of hydrogen-bond donors (Lipinski definition) is 0. The summed E-state index contributed by atoms with van der Waals surface area (Å²) in [6.45, 7) is 0.788. The standard InChI is InChI=1S/C12H14O2S/c13-15(8-11-7-14-11)12-5-4-9-2-1-3-10(9)6-12/h4-6,11H,1-3,7-8H2/t11-,15?/m0/s1. The van der Waals surface area contributed by atoms with Gasteiger partial charge in [-0.3, -0.25) is 4.21 Å². The lowest BCUT2D eigenvalue weighted by Crippen LogP contribution is -2.04. The molecule has 0 radical (unpaired) electrons. The number of epoxide rings is 1. The van der Waals surface area contributed by atoms with E-state index in [9.17, 15) is 4.21 Å². The first-order valence-electron chi connectivity index (χ1n) is 5.45. The van der Waals surface area contributed by atoms with Crippen molar-refractivity contribution in [2.45, 2.75) is 30.3 Å². The Bertz CT molecular complexity index is 410. The van der Waals surface area contributed by atoms with Gasteiger partial charge in [-0.1, -0.05) is 6.07 Å². The van der Waals surface area contributed by atoms with Crippen LogP contribution in [0.1, 0.15) is 17.5 Å². The van der Waals surface area contributed by atoms with Crippen molar-refractivity contribution in [3.8, 4) is 0 Å². The molecule has 1 unspecified atom stereocenters. The maximum absolute atomic E-state index is 11.9. The molecule has 3 heteroatoms. The smallest absolute Gasteiger partial charge is 0.0928 e. The largest absolute Gasteiger partial charge is 0.372 e. The van der Waals surface area contributed by atoms with Crippen LogP contribution in [0.3, 0.4) is 0 Å². The first-order chi connectivity index (χ1) is 7.33. The van der Waals surface area contributed by atoms with Crippen LogP contribution in [0.4, 0.5) is 0 Å². The van der Waals surface area contributed by atoms with E-state index in [1.807, 2.05) is 6.07 Å². The molecule has 1 aliphatic heterocycles. The van der Waals surface area contributed by atoms with E-state index in [4.69, 9.17) is 4.74 Å². The van der Waals surface area contributed by atoms with Crippen molar-refractivity contribution in [1.82, 2.24) is 0 Å². The normalized spacial score (nSPS) is 24.9. The predicted octanol–water partition coefficient (Wildman–Crippen LogP) is 1.68. The molecule has 1 heterocycles. The fourth-order valence-corrected chi connectivity index (χ4v) is 3.34. The lowest BCUT2D eigenvalue weighted by atomic mass is 10.1. The molecule has 1 aromatic carbocycles. The Hall–Kier alpha value is -0.670. The molecule has 0 amide bonds. The molecule has 1 aromatic rings. The van der Waals surface area contributed by atoms with Crippen molar-refractivity contribution >= 4 is 10.8 Å². The van der Waals surface area contributed by atoms with Crippen LogP contribution in [0.15, 0.2) is 23.1 Å². The predicted molar refractivity (Wildman–Crippen MR) is 59.5 cm³/mol. The van der Waals surface area contributed by atoms with Gasteiger partial charge in [0.05, 0.1) is 29.3 Å². The minimum atomic E-state index is -0.868. The summed E-state index contributed by atoms with van der Waals surface area (Å²) >= 11 is 0. The molecule has 1 fully saturated rings. The van der Waals surface area contributed by atoms with E-state index in [-0.39, 0.29) is 6.10 Å². The lowest BCUT2D eigenvalue weighted by Gasteiger charge is -2.03. The zero-order valence-corrected chi connectivity index (χ0v) is 9.39. The van der Waals surface area contributed by atoms with Crippen LogP contribution in [-0.2, 0) is 28.4 Å². The zero-order valence-electron chi connectivity index (χ0n) is 8.57. The highest BCUT2D eigenvalue weighted by atomic mass is 32.2. The molecule has 1 aliphatic carbocycles. The third kappa shape index (κ3) is 1.99. The first-order valence-corrected chi connectivity index (χ1v) is 6.76. The fraction of sp³-hybridized carbons (Fsp3) is 0.500. The quantitative estimate of drug-likeness (QED) is 0.728. The number of benzene rings is 1. The topological polar surface area (TPSA) is 29.6 Å². The second-order valence-electron chi connectivity index (χ2n) is 4.25. The van der Waals surface area contributed by atoms with Crippen LogP contribution >= 0.6 is 0 Å². The minimum Gasteiger partial charge on any atom is -0.372 e. The van der Waals surface area contributed by atoms with E-state index in [1.54, 1.807) is 0 Å². The van der Waals surface area contributed by atoms with Crippen LogP contribution in [0.2, 0.25) is 0 Å². The summed E-state index contributed by atoms with van der Waals surface area (Å²) in [7, 11) is -0.868. The van der Waals surface area contributed by atoms with Gasteiger partial charge in [-0.2, -0.15) is 0 Å². The highest BCUT2D eigenvalue weighted by molar-refractivity contribution is 7.85. The van der Waals surface area contributed by atoms with Gasteiger partial charge in [0.25, 0.3) is 0 Å². The third-order valence-corrected chi connectivity index (χ3v) is 4.53. The molecular weight excluding hydrogens is 208 g/mol. The summed E-state index contributed by atoms with van der Waals surface area (Å²) in [5, 5.41) is 0. The average molecular weight is 222 g/mol. The maximum atomic E-state index is 11.9.